The zero-order valence-corrected chi connectivity index (χ0v) is 21.5. The zero-order chi connectivity index (χ0) is 25.3. The maximum absolute atomic E-state index is 13.3. The molecule has 2 aliphatic rings. The second kappa shape index (κ2) is 9.99. The predicted molar refractivity (Wildman–Crippen MR) is 138 cm³/mol. The fourth-order valence-electron chi connectivity index (χ4n) is 5.79. The van der Waals surface area contributed by atoms with Crippen molar-refractivity contribution in [2.75, 3.05) is 38.8 Å². The third-order valence-corrected chi connectivity index (χ3v) is 7.70. The third-order valence-electron chi connectivity index (χ3n) is 7.70. The number of anilines is 1. The molecular weight excluding hydrogens is 440 g/mol. The van der Waals surface area contributed by atoms with E-state index in [1.807, 2.05) is 75.2 Å². The van der Waals surface area contributed by atoms with E-state index in [1.54, 1.807) is 16.8 Å². The molecule has 188 valence electrons. The van der Waals surface area contributed by atoms with E-state index in [4.69, 9.17) is 0 Å². The van der Waals surface area contributed by atoms with Gasteiger partial charge in [-0.15, -0.1) is 0 Å². The van der Waals surface area contributed by atoms with Crippen molar-refractivity contribution >= 4 is 17.5 Å². The summed E-state index contributed by atoms with van der Waals surface area (Å²) in [7, 11) is 3.63. The molecule has 1 unspecified atom stereocenters. The Morgan fingerprint density at radius 1 is 1.06 bits per heavy atom. The number of rotatable bonds is 6. The fraction of sp³-hybridized carbons (Fsp3) is 0.500. The van der Waals surface area contributed by atoms with E-state index in [1.165, 1.54) is 0 Å². The van der Waals surface area contributed by atoms with Gasteiger partial charge >= 0.3 is 0 Å². The van der Waals surface area contributed by atoms with Crippen LogP contribution in [0, 0.1) is 12.8 Å². The standard InChI is InChI=1S/C28H38N4O3/c1-20(2)24(30(5)25(33)22-11-9-10-21(3)18-22)26(34)31-16-14-28(15-17-31)27(35)29(4)19-32(28)23-12-7-6-8-13-23/h6-13,18,20,24,26,34H,14-17,19H2,1-5H3/t24-,26?/m1/s1. The summed E-state index contributed by atoms with van der Waals surface area (Å²) in [5.74, 6) is 0.102. The van der Waals surface area contributed by atoms with E-state index in [0.29, 0.717) is 38.2 Å². The molecule has 35 heavy (non-hydrogen) atoms. The Labute approximate surface area is 208 Å². The number of aliphatic hydroxyl groups is 1. The van der Waals surface area contributed by atoms with Gasteiger partial charge < -0.3 is 19.8 Å². The summed E-state index contributed by atoms with van der Waals surface area (Å²) in [5.41, 5.74) is 2.10. The quantitative estimate of drug-likeness (QED) is 0.691. The average molecular weight is 479 g/mol. The summed E-state index contributed by atoms with van der Waals surface area (Å²) in [6.07, 6.45) is 0.441. The molecule has 0 aromatic heterocycles. The van der Waals surface area contributed by atoms with Gasteiger partial charge in [-0.25, -0.2) is 0 Å². The van der Waals surface area contributed by atoms with Crippen LogP contribution in [0.2, 0.25) is 0 Å². The highest BCUT2D eigenvalue weighted by molar-refractivity contribution is 5.94. The smallest absolute Gasteiger partial charge is 0.254 e. The van der Waals surface area contributed by atoms with Crippen LogP contribution in [-0.4, -0.2) is 83.3 Å². The maximum atomic E-state index is 13.3. The Hall–Kier alpha value is -2.90. The van der Waals surface area contributed by atoms with Gasteiger partial charge in [0, 0.05) is 38.4 Å². The van der Waals surface area contributed by atoms with Crippen LogP contribution >= 0.6 is 0 Å². The lowest BCUT2D eigenvalue weighted by atomic mass is 9.84. The Morgan fingerprint density at radius 3 is 2.31 bits per heavy atom. The van der Waals surface area contributed by atoms with Crippen molar-refractivity contribution in [1.82, 2.24) is 14.7 Å². The molecule has 2 amide bonds. The van der Waals surface area contributed by atoms with Gasteiger partial charge in [0.1, 0.15) is 11.8 Å². The molecule has 0 aliphatic carbocycles. The van der Waals surface area contributed by atoms with Gasteiger partial charge in [0.25, 0.3) is 5.91 Å². The Bertz CT molecular complexity index is 1050. The molecule has 7 heteroatoms. The minimum absolute atomic E-state index is 0.0553. The molecule has 2 heterocycles. The summed E-state index contributed by atoms with van der Waals surface area (Å²) < 4.78 is 0. The molecule has 0 saturated carbocycles. The number of hydrogen-bond acceptors (Lipinski definition) is 5. The highest BCUT2D eigenvalue weighted by atomic mass is 16.3. The lowest BCUT2D eigenvalue weighted by Crippen LogP contribution is -2.61. The molecule has 2 atom stereocenters. The summed E-state index contributed by atoms with van der Waals surface area (Å²) in [4.78, 5) is 34.3. The molecule has 2 saturated heterocycles. The maximum Gasteiger partial charge on any atom is 0.254 e. The predicted octanol–water partition coefficient (Wildman–Crippen LogP) is 3.18. The Morgan fingerprint density at radius 2 is 1.71 bits per heavy atom. The molecule has 2 aromatic carbocycles. The number of aryl methyl sites for hydroxylation is 1. The summed E-state index contributed by atoms with van der Waals surface area (Å²) in [5, 5.41) is 11.5. The van der Waals surface area contributed by atoms with Gasteiger partial charge in [-0.1, -0.05) is 49.7 Å². The van der Waals surface area contributed by atoms with Crippen molar-refractivity contribution in [3.8, 4) is 0 Å². The van der Waals surface area contributed by atoms with Gasteiger partial charge in [-0.05, 0) is 49.9 Å². The molecular formula is C28H38N4O3. The topological polar surface area (TPSA) is 67.3 Å². The SMILES string of the molecule is Cc1cccc(C(=O)N(C)[C@H](C(C)C)C(O)N2CCC3(CC2)C(=O)N(C)CN3c2ccccc2)c1. The lowest BCUT2D eigenvalue weighted by molar-refractivity contribution is -0.134. The van der Waals surface area contributed by atoms with Crippen LogP contribution in [0.3, 0.4) is 0 Å². The number of piperidine rings is 1. The normalized spacial score (nSPS) is 19.9. The van der Waals surface area contributed by atoms with Crippen LogP contribution in [0.5, 0.6) is 0 Å². The van der Waals surface area contributed by atoms with Crippen molar-refractivity contribution in [3.05, 3.63) is 65.7 Å². The first-order valence-corrected chi connectivity index (χ1v) is 12.5. The van der Waals surface area contributed by atoms with E-state index in [9.17, 15) is 14.7 Å². The number of likely N-dealkylation sites (N-methyl/N-ethyl adjacent to an activating group) is 2. The Kier molecular flexibility index (Phi) is 7.20. The first kappa shape index (κ1) is 25.2. The number of hydrogen-bond donors (Lipinski definition) is 1. The number of para-hydroxylation sites is 1. The molecule has 1 N–H and O–H groups in total. The van der Waals surface area contributed by atoms with Crippen molar-refractivity contribution in [2.45, 2.75) is 51.4 Å². The largest absolute Gasteiger partial charge is 0.376 e. The van der Waals surface area contributed by atoms with Crippen molar-refractivity contribution in [2.24, 2.45) is 5.92 Å². The first-order chi connectivity index (χ1) is 16.7. The lowest BCUT2D eigenvalue weighted by Gasteiger charge is -2.47. The van der Waals surface area contributed by atoms with Gasteiger partial charge in [0.05, 0.1) is 12.7 Å². The van der Waals surface area contributed by atoms with Gasteiger partial charge in [0.15, 0.2) is 0 Å². The van der Waals surface area contributed by atoms with Crippen LogP contribution in [0.25, 0.3) is 0 Å². The number of aliphatic hydroxyl groups excluding tert-OH is 1. The third kappa shape index (κ3) is 4.67. The minimum atomic E-state index is -0.814. The van der Waals surface area contributed by atoms with E-state index in [2.05, 4.69) is 17.0 Å². The zero-order valence-electron chi connectivity index (χ0n) is 21.5. The van der Waals surface area contributed by atoms with Crippen molar-refractivity contribution in [3.63, 3.8) is 0 Å². The number of amides is 2. The van der Waals surface area contributed by atoms with Gasteiger partial charge in [-0.2, -0.15) is 0 Å². The van der Waals surface area contributed by atoms with Crippen LogP contribution < -0.4 is 4.90 Å². The molecule has 2 aliphatic heterocycles. The molecule has 2 aromatic rings. The van der Waals surface area contributed by atoms with Crippen LogP contribution in [0.1, 0.15) is 42.6 Å². The van der Waals surface area contributed by atoms with Crippen LogP contribution in [-0.2, 0) is 4.79 Å². The van der Waals surface area contributed by atoms with Gasteiger partial charge in [-0.3, -0.25) is 14.5 Å². The average Bonchev–Trinajstić information content (AvgIpc) is 3.09. The molecule has 1 spiro atoms. The Balaban J connectivity index is 1.51. The van der Waals surface area contributed by atoms with Crippen LogP contribution in [0.4, 0.5) is 5.69 Å². The fourth-order valence-corrected chi connectivity index (χ4v) is 5.79. The molecule has 4 rings (SSSR count). The number of carbonyl (C=O) groups excluding carboxylic acids is 2. The summed E-state index contributed by atoms with van der Waals surface area (Å²) in [6, 6.07) is 17.3. The van der Waals surface area contributed by atoms with E-state index in [0.717, 1.165) is 11.3 Å². The van der Waals surface area contributed by atoms with Crippen molar-refractivity contribution in [1.29, 1.82) is 0 Å². The number of likely N-dealkylation sites (tertiary alicyclic amines) is 1. The molecule has 0 bridgehead atoms. The number of benzene rings is 2. The van der Waals surface area contributed by atoms with Gasteiger partial charge in [0.2, 0.25) is 5.91 Å². The first-order valence-electron chi connectivity index (χ1n) is 12.5. The highest BCUT2D eigenvalue weighted by Crippen LogP contribution is 2.39. The molecule has 7 nitrogen and oxygen atoms in total. The van der Waals surface area contributed by atoms with E-state index in [-0.39, 0.29) is 23.8 Å². The van der Waals surface area contributed by atoms with E-state index >= 15 is 0 Å². The number of carbonyl (C=O) groups is 2. The number of nitrogens with zero attached hydrogens (tertiary/aromatic N) is 4. The second-order valence-electron chi connectivity index (χ2n) is 10.4. The highest BCUT2D eigenvalue weighted by Gasteiger charge is 2.53. The second-order valence-corrected chi connectivity index (χ2v) is 10.4. The molecule has 2 fully saturated rings. The van der Waals surface area contributed by atoms with Crippen molar-refractivity contribution < 1.29 is 14.7 Å². The molecule has 0 radical (unpaired) electrons. The van der Waals surface area contributed by atoms with E-state index < -0.39 is 11.8 Å². The minimum Gasteiger partial charge on any atom is -0.376 e. The summed E-state index contributed by atoms with van der Waals surface area (Å²) in [6.45, 7) is 7.76. The van der Waals surface area contributed by atoms with Crippen LogP contribution in [0.15, 0.2) is 54.6 Å². The monoisotopic (exact) mass is 478 g/mol. The summed E-state index contributed by atoms with van der Waals surface area (Å²) >= 11 is 0.